The maximum atomic E-state index is 13.4. The third-order valence-corrected chi connectivity index (χ3v) is 7.31. The molecule has 1 heterocycles. The highest BCUT2D eigenvalue weighted by molar-refractivity contribution is 9.10. The van der Waals surface area contributed by atoms with Crippen LogP contribution < -0.4 is 10.6 Å². The van der Waals surface area contributed by atoms with E-state index in [1.165, 1.54) is 4.90 Å². The van der Waals surface area contributed by atoms with Crippen LogP contribution in [-0.4, -0.2) is 28.9 Å². The summed E-state index contributed by atoms with van der Waals surface area (Å²) in [6, 6.07) is 16.4. The maximum Gasteiger partial charge on any atom is 0.320 e. The Bertz CT molecular complexity index is 1040. The second-order valence-corrected chi connectivity index (χ2v) is 9.61. The molecule has 2 bridgehead atoms. The topological polar surface area (TPSA) is 78.5 Å². The van der Waals surface area contributed by atoms with Crippen LogP contribution >= 0.6 is 15.9 Å². The van der Waals surface area contributed by atoms with Gasteiger partial charge in [0.05, 0.1) is 11.8 Å². The maximum absolute atomic E-state index is 13.4. The fourth-order valence-electron chi connectivity index (χ4n) is 5.30. The summed E-state index contributed by atoms with van der Waals surface area (Å²) < 4.78 is 0.907. The van der Waals surface area contributed by atoms with Gasteiger partial charge < -0.3 is 10.6 Å². The Hall–Kier alpha value is -2.93. The molecular formula is C25H24BrN3O3. The number of allylic oxidation sites excluding steroid dienone is 2. The highest BCUT2D eigenvalue weighted by atomic mass is 79.9. The van der Waals surface area contributed by atoms with E-state index in [0.29, 0.717) is 12.1 Å². The quantitative estimate of drug-likeness (QED) is 0.480. The Balaban J connectivity index is 1.40. The third kappa shape index (κ3) is 3.86. The van der Waals surface area contributed by atoms with Crippen LogP contribution in [0.1, 0.15) is 18.4 Å². The highest BCUT2D eigenvalue weighted by Crippen LogP contribution is 2.50. The lowest BCUT2D eigenvalue weighted by atomic mass is 9.63. The van der Waals surface area contributed by atoms with E-state index in [9.17, 15) is 14.4 Å². The molecule has 6 rings (SSSR count). The van der Waals surface area contributed by atoms with Gasteiger partial charge in [-0.3, -0.25) is 14.5 Å². The van der Waals surface area contributed by atoms with Crippen molar-refractivity contribution in [2.75, 3.05) is 5.32 Å². The number of halogens is 1. The minimum atomic E-state index is -0.752. The molecule has 5 atom stereocenters. The smallest absolute Gasteiger partial charge is 0.317 e. The van der Waals surface area contributed by atoms with Crippen molar-refractivity contribution >= 4 is 39.5 Å². The molecule has 6 nitrogen and oxygen atoms in total. The van der Waals surface area contributed by atoms with Gasteiger partial charge in [0.15, 0.2) is 0 Å². The number of nitrogens with zero attached hydrogens (tertiary/aromatic N) is 1. The number of anilines is 1. The summed E-state index contributed by atoms with van der Waals surface area (Å²) in [6.07, 6.45) is 5.69. The van der Waals surface area contributed by atoms with Gasteiger partial charge in [-0.25, -0.2) is 4.79 Å². The van der Waals surface area contributed by atoms with Gasteiger partial charge in [0.1, 0.15) is 6.17 Å². The van der Waals surface area contributed by atoms with E-state index in [1.807, 2.05) is 42.5 Å². The zero-order valence-electron chi connectivity index (χ0n) is 17.4. The summed E-state index contributed by atoms with van der Waals surface area (Å²) >= 11 is 3.38. The molecule has 0 unspecified atom stereocenters. The Morgan fingerprint density at radius 3 is 2.09 bits per heavy atom. The van der Waals surface area contributed by atoms with Crippen LogP contribution in [0, 0.1) is 23.7 Å². The molecule has 1 saturated carbocycles. The summed E-state index contributed by atoms with van der Waals surface area (Å²) in [7, 11) is 0. The lowest BCUT2D eigenvalue weighted by molar-refractivity contribution is -0.143. The van der Waals surface area contributed by atoms with Gasteiger partial charge in [-0.1, -0.05) is 58.4 Å². The monoisotopic (exact) mass is 493 g/mol. The first-order chi connectivity index (χ1) is 15.5. The van der Waals surface area contributed by atoms with Crippen molar-refractivity contribution in [1.29, 1.82) is 0 Å². The average molecular weight is 494 g/mol. The minimum Gasteiger partial charge on any atom is -0.317 e. The Labute approximate surface area is 195 Å². The second-order valence-electron chi connectivity index (χ2n) is 8.70. The SMILES string of the molecule is O=C(Nc1ccc(Br)cc1)N[C@@H](Cc1ccccc1)N1C(=O)[C@@H]2[C@H](C1=O)[C@H]1C=C[C@H]2CC1. The van der Waals surface area contributed by atoms with E-state index in [0.717, 1.165) is 22.9 Å². The van der Waals surface area contributed by atoms with Crippen LogP contribution in [0.4, 0.5) is 10.5 Å². The van der Waals surface area contributed by atoms with Gasteiger partial charge in [-0.15, -0.1) is 0 Å². The average Bonchev–Trinajstić information content (AvgIpc) is 3.09. The number of rotatable bonds is 5. The summed E-state index contributed by atoms with van der Waals surface area (Å²) in [5.41, 5.74) is 1.57. The third-order valence-electron chi connectivity index (χ3n) is 6.78. The van der Waals surface area contributed by atoms with Crippen molar-refractivity contribution in [3.63, 3.8) is 0 Å². The number of imide groups is 1. The molecule has 32 heavy (non-hydrogen) atoms. The molecule has 7 heteroatoms. The van der Waals surface area contributed by atoms with Gasteiger partial charge in [0, 0.05) is 16.6 Å². The first-order valence-corrected chi connectivity index (χ1v) is 11.7. The van der Waals surface area contributed by atoms with E-state index in [1.54, 1.807) is 12.1 Å². The molecule has 0 spiro atoms. The normalized spacial score (nSPS) is 26.7. The molecule has 4 amide bonds. The molecule has 0 aromatic heterocycles. The summed E-state index contributed by atoms with van der Waals surface area (Å²) in [5.74, 6) is -0.713. The van der Waals surface area contributed by atoms with Crippen LogP contribution in [0.3, 0.4) is 0 Å². The molecular weight excluding hydrogens is 470 g/mol. The fraction of sp³-hybridized carbons (Fsp3) is 0.320. The molecule has 3 aliphatic carbocycles. The summed E-state index contributed by atoms with van der Waals surface area (Å²) in [5, 5.41) is 5.69. The molecule has 2 aromatic rings. The van der Waals surface area contributed by atoms with Crippen molar-refractivity contribution in [3.8, 4) is 0 Å². The Morgan fingerprint density at radius 1 is 0.938 bits per heavy atom. The van der Waals surface area contributed by atoms with Gasteiger partial charge in [-0.05, 0) is 54.5 Å². The predicted octanol–water partition coefficient (Wildman–Crippen LogP) is 4.34. The summed E-state index contributed by atoms with van der Waals surface area (Å²) in [6.45, 7) is 0. The van der Waals surface area contributed by atoms with Crippen molar-refractivity contribution < 1.29 is 14.4 Å². The van der Waals surface area contributed by atoms with Crippen LogP contribution in [0.5, 0.6) is 0 Å². The van der Waals surface area contributed by atoms with Crippen LogP contribution in [0.15, 0.2) is 71.2 Å². The van der Waals surface area contributed by atoms with Gasteiger partial charge in [0.2, 0.25) is 11.8 Å². The molecule has 2 aromatic carbocycles. The molecule has 4 aliphatic rings. The first kappa shape index (κ1) is 20.9. The number of nitrogens with one attached hydrogen (secondary N) is 2. The van der Waals surface area contributed by atoms with Crippen molar-refractivity contribution in [3.05, 3.63) is 76.8 Å². The lowest BCUT2D eigenvalue weighted by Crippen LogP contribution is -2.53. The van der Waals surface area contributed by atoms with Crippen molar-refractivity contribution in [2.24, 2.45) is 23.7 Å². The van der Waals surface area contributed by atoms with E-state index < -0.39 is 12.2 Å². The number of urea groups is 1. The number of benzene rings is 2. The number of fused-ring (bicyclic) bond motifs is 1. The Morgan fingerprint density at radius 2 is 1.53 bits per heavy atom. The second kappa shape index (κ2) is 8.54. The molecule has 2 fully saturated rings. The summed E-state index contributed by atoms with van der Waals surface area (Å²) in [4.78, 5) is 41.0. The van der Waals surface area contributed by atoms with Gasteiger partial charge >= 0.3 is 6.03 Å². The minimum absolute atomic E-state index is 0.111. The molecule has 0 radical (unpaired) electrons. The van der Waals surface area contributed by atoms with Crippen molar-refractivity contribution in [2.45, 2.75) is 25.4 Å². The zero-order chi connectivity index (χ0) is 22.2. The fourth-order valence-corrected chi connectivity index (χ4v) is 5.56. The zero-order valence-corrected chi connectivity index (χ0v) is 19.0. The number of carbonyl (C=O) groups is 3. The van der Waals surface area contributed by atoms with Gasteiger partial charge in [-0.2, -0.15) is 0 Å². The number of hydrogen-bond donors (Lipinski definition) is 2. The number of amides is 4. The first-order valence-electron chi connectivity index (χ1n) is 10.9. The van der Waals surface area contributed by atoms with Crippen LogP contribution in [0.2, 0.25) is 0 Å². The van der Waals surface area contributed by atoms with E-state index in [-0.39, 0.29) is 35.5 Å². The van der Waals surface area contributed by atoms with Crippen LogP contribution in [-0.2, 0) is 16.0 Å². The molecule has 1 saturated heterocycles. The molecule has 2 N–H and O–H groups in total. The highest BCUT2D eigenvalue weighted by Gasteiger charge is 2.58. The van der Waals surface area contributed by atoms with Crippen molar-refractivity contribution in [1.82, 2.24) is 10.2 Å². The molecule has 164 valence electrons. The van der Waals surface area contributed by atoms with Crippen LogP contribution in [0.25, 0.3) is 0 Å². The standard InChI is InChI=1S/C25H24BrN3O3/c26-18-10-12-19(13-11-18)27-25(32)28-20(14-15-4-2-1-3-5-15)29-23(30)21-16-6-7-17(9-8-16)22(21)24(29)31/h1-7,10-13,16-17,20-22H,8-9,14H2,(H2,27,28,32)/t16-,17-,20+,21-,22+/m0/s1. The van der Waals surface area contributed by atoms with Gasteiger partial charge in [0.25, 0.3) is 0 Å². The van der Waals surface area contributed by atoms with E-state index in [2.05, 4.69) is 38.7 Å². The predicted molar refractivity (Wildman–Crippen MR) is 124 cm³/mol. The largest absolute Gasteiger partial charge is 0.320 e. The number of carbonyl (C=O) groups excluding carboxylic acids is 3. The molecule has 1 aliphatic heterocycles. The van der Waals surface area contributed by atoms with E-state index in [4.69, 9.17) is 0 Å². The Kier molecular flexibility index (Phi) is 5.59. The number of likely N-dealkylation sites (tertiary alicyclic amines) is 1. The number of hydrogen-bond acceptors (Lipinski definition) is 3. The lowest BCUT2D eigenvalue weighted by Gasteiger charge is -2.38. The van der Waals surface area contributed by atoms with E-state index >= 15 is 0 Å².